The van der Waals surface area contributed by atoms with E-state index in [2.05, 4.69) is 149 Å². The zero-order valence-electron chi connectivity index (χ0n) is 67.5. The van der Waals surface area contributed by atoms with Crippen LogP contribution in [0.3, 0.4) is 0 Å². The maximum atomic E-state index is 13.1. The van der Waals surface area contributed by atoms with Crippen LogP contribution in [0, 0.1) is 0 Å². The van der Waals surface area contributed by atoms with Crippen LogP contribution in [0.2, 0.25) is 0 Å². The van der Waals surface area contributed by atoms with Gasteiger partial charge in [0.1, 0.15) is 19.3 Å². The van der Waals surface area contributed by atoms with E-state index in [1.165, 1.54) is 103 Å². The van der Waals surface area contributed by atoms with Crippen molar-refractivity contribution in [3.8, 4) is 0 Å². The van der Waals surface area contributed by atoms with Gasteiger partial charge in [0.25, 0.3) is 0 Å². The fourth-order valence-electron chi connectivity index (χ4n) is 10.7. The fraction of sp³-hybridized carbons (Fsp3) is 0.663. The number of rotatable bonds is 77. The molecule has 0 radical (unpaired) electrons. The Labute approximate surface area is 655 Å². The Bertz CT molecular complexity index is 2660. The first-order valence-corrected chi connectivity index (χ1v) is 44.7. The lowest BCUT2D eigenvalue weighted by atomic mass is 10.0. The molecule has 0 spiro atoms. The number of hydrogen-bond acceptors (Lipinski definition) is 15. The van der Waals surface area contributed by atoms with Crippen molar-refractivity contribution in [3.63, 3.8) is 0 Å². The number of hydrogen-bond donors (Lipinski definition) is 3. The monoisotopic (exact) mass is 1550 g/mol. The van der Waals surface area contributed by atoms with Crippen LogP contribution in [0.1, 0.15) is 323 Å². The molecule has 0 saturated carbocycles. The average Bonchev–Trinajstić information content (AvgIpc) is 0.896. The predicted molar refractivity (Wildman–Crippen MR) is 445 cm³/mol. The van der Waals surface area contributed by atoms with Gasteiger partial charge in [-0.05, 0) is 128 Å². The summed E-state index contributed by atoms with van der Waals surface area (Å²) in [6.45, 7) is 4.49. The molecule has 0 aromatic rings. The van der Waals surface area contributed by atoms with E-state index in [9.17, 15) is 43.2 Å². The van der Waals surface area contributed by atoms with E-state index in [4.69, 9.17) is 37.0 Å². The molecule has 0 heterocycles. The number of carbonyl (C=O) groups is 4. The number of unbranched alkanes of at least 4 members (excludes halogenated alkanes) is 25. The lowest BCUT2D eigenvalue weighted by Gasteiger charge is -2.21. The molecule has 0 rings (SSSR count). The second-order valence-corrected chi connectivity index (χ2v) is 30.2. The van der Waals surface area contributed by atoms with Crippen molar-refractivity contribution in [1.82, 2.24) is 0 Å². The van der Waals surface area contributed by atoms with Crippen molar-refractivity contribution < 1.29 is 80.2 Å². The third kappa shape index (κ3) is 78.8. The van der Waals surface area contributed by atoms with Gasteiger partial charge in [-0.2, -0.15) is 0 Å². The van der Waals surface area contributed by atoms with Gasteiger partial charge in [0.05, 0.1) is 26.4 Å². The van der Waals surface area contributed by atoms with E-state index >= 15 is 0 Å². The van der Waals surface area contributed by atoms with Crippen molar-refractivity contribution in [1.29, 1.82) is 0 Å². The number of carbonyl (C=O) groups excluding carboxylic acids is 4. The minimum absolute atomic E-state index is 0.0151. The van der Waals surface area contributed by atoms with Crippen LogP contribution in [0.5, 0.6) is 0 Å². The Hall–Kier alpha value is -5.32. The Morgan fingerprint density at radius 1 is 0.269 bits per heavy atom. The molecule has 0 aromatic heterocycles. The number of aliphatic hydroxyl groups excluding tert-OH is 1. The molecule has 19 heteroatoms. The van der Waals surface area contributed by atoms with E-state index in [1.54, 1.807) is 0 Å². The molecular formula is C89H148O17P2. The summed E-state index contributed by atoms with van der Waals surface area (Å²) in [4.78, 5) is 73.1. The average molecular weight is 1550 g/mol. The van der Waals surface area contributed by atoms with Crippen LogP contribution in [0.25, 0.3) is 0 Å². The molecule has 0 fully saturated rings. The smallest absolute Gasteiger partial charge is 0.462 e. The number of ether oxygens (including phenoxy) is 4. The molecule has 2 unspecified atom stereocenters. The van der Waals surface area contributed by atoms with Crippen LogP contribution < -0.4 is 0 Å². The SMILES string of the molecule is CC/C=C\C/C=C\C/C=C\C/C=C\C/C=C\C/C=C\CCC(=O)OC[C@H](COP(=O)(O)OC[C@@H](O)COP(=O)(O)OC[C@@H](COC(=O)CCCCCCC/C=C\CCCCCCCC)OC(=O)CCCCCCCCCCCCCCCCC)OC(=O)CC/C=C\C/C=C\C/C=C\C/C=C\C/C=C\C/C=C\CC. The van der Waals surface area contributed by atoms with E-state index in [0.717, 1.165) is 128 Å². The number of esters is 4. The second-order valence-electron chi connectivity index (χ2n) is 27.3. The van der Waals surface area contributed by atoms with Gasteiger partial charge in [-0.3, -0.25) is 37.3 Å². The van der Waals surface area contributed by atoms with Crippen LogP contribution in [-0.4, -0.2) is 96.7 Å². The quantitative estimate of drug-likeness (QED) is 0.0169. The van der Waals surface area contributed by atoms with Crippen LogP contribution >= 0.6 is 15.6 Å². The zero-order valence-corrected chi connectivity index (χ0v) is 69.3. The van der Waals surface area contributed by atoms with Gasteiger partial charge < -0.3 is 33.8 Å². The summed E-state index contributed by atoms with van der Waals surface area (Å²) in [5.74, 6) is -2.38. The van der Waals surface area contributed by atoms with Gasteiger partial charge in [-0.1, -0.05) is 327 Å². The van der Waals surface area contributed by atoms with Crippen LogP contribution in [0.15, 0.2) is 158 Å². The topological polar surface area (TPSA) is 237 Å². The molecular weight excluding hydrogens is 1400 g/mol. The summed E-state index contributed by atoms with van der Waals surface area (Å²) in [5.41, 5.74) is 0. The highest BCUT2D eigenvalue weighted by Crippen LogP contribution is 2.45. The number of allylic oxidation sites excluding steroid dienone is 26. The minimum Gasteiger partial charge on any atom is -0.462 e. The molecule has 0 saturated heterocycles. The van der Waals surface area contributed by atoms with Crippen LogP contribution in [0.4, 0.5) is 0 Å². The first-order chi connectivity index (χ1) is 52.7. The van der Waals surface area contributed by atoms with E-state index in [-0.39, 0.29) is 25.7 Å². The molecule has 616 valence electrons. The molecule has 0 amide bonds. The van der Waals surface area contributed by atoms with Gasteiger partial charge in [0.15, 0.2) is 12.2 Å². The highest BCUT2D eigenvalue weighted by molar-refractivity contribution is 7.47. The number of phosphoric ester groups is 2. The predicted octanol–water partition coefficient (Wildman–Crippen LogP) is 24.8. The van der Waals surface area contributed by atoms with Crippen molar-refractivity contribution in [2.45, 2.75) is 341 Å². The third-order valence-electron chi connectivity index (χ3n) is 17.0. The molecule has 0 aliphatic heterocycles. The first-order valence-electron chi connectivity index (χ1n) is 41.7. The van der Waals surface area contributed by atoms with Crippen molar-refractivity contribution >= 4 is 39.5 Å². The van der Waals surface area contributed by atoms with Gasteiger partial charge in [-0.25, -0.2) is 9.13 Å². The second kappa shape index (κ2) is 79.8. The summed E-state index contributed by atoms with van der Waals surface area (Å²) in [6.07, 6.45) is 93.9. The Morgan fingerprint density at radius 2 is 0.500 bits per heavy atom. The highest BCUT2D eigenvalue weighted by Gasteiger charge is 2.30. The van der Waals surface area contributed by atoms with Gasteiger partial charge in [0.2, 0.25) is 0 Å². The molecule has 3 N–H and O–H groups in total. The molecule has 0 aliphatic rings. The van der Waals surface area contributed by atoms with Gasteiger partial charge in [0, 0.05) is 25.7 Å². The Morgan fingerprint density at radius 3 is 0.815 bits per heavy atom. The molecule has 5 atom stereocenters. The Kier molecular flexibility index (Phi) is 75.8. The normalized spacial score (nSPS) is 14.6. The lowest BCUT2D eigenvalue weighted by Crippen LogP contribution is -2.30. The zero-order chi connectivity index (χ0) is 78.9. The first kappa shape index (κ1) is 103. The van der Waals surface area contributed by atoms with Gasteiger partial charge >= 0.3 is 39.5 Å². The maximum absolute atomic E-state index is 13.1. The van der Waals surface area contributed by atoms with E-state index in [0.29, 0.717) is 38.5 Å². The van der Waals surface area contributed by atoms with Gasteiger partial charge in [-0.15, -0.1) is 0 Å². The van der Waals surface area contributed by atoms with Crippen LogP contribution in [-0.2, 0) is 65.4 Å². The highest BCUT2D eigenvalue weighted by atomic mass is 31.2. The number of phosphoric acid groups is 2. The molecule has 0 bridgehead atoms. The molecule has 0 aromatic carbocycles. The number of aliphatic hydroxyl groups is 1. The van der Waals surface area contributed by atoms with E-state index < -0.39 is 97.5 Å². The lowest BCUT2D eigenvalue weighted by molar-refractivity contribution is -0.161. The summed E-state index contributed by atoms with van der Waals surface area (Å²) < 4.78 is 68.6. The van der Waals surface area contributed by atoms with E-state index in [1.807, 2.05) is 36.5 Å². The standard InChI is InChI=1S/C89H148O17P2/c1-5-9-13-17-21-25-29-33-37-39-41-43-47-50-54-58-62-66-70-74-87(92)100-80-85(106-89(94)76-72-68-64-60-56-52-48-44-42-40-38-34-30-26-22-18-14-10-6-2)82-104-108(97,98)102-78-83(90)77-101-107(95,96)103-81-84(105-88(93)75-71-67-63-59-55-51-46-36-32-28-24-20-16-12-8-4)79-99-86(91)73-69-65-61-57-53-49-45-35-31-27-23-19-15-11-7-3/h9-10,13-14,21-22,25-26,33-35,37-38,41-45,50,52,54,56,62,64,66,68,83-85,90H,5-8,11-12,15-20,23-24,27-32,36,39-40,46-49,51,53,55,57-61,63,65,67,69-82H2,1-4H3,(H,95,96)(H,97,98)/b13-9-,14-10-,25-21-,26-22-,37-33-,38-34-,43-41-,44-42-,45-35-,54-50-,56-52-,66-62-,68-64-/t83-,84+,85+/m0/s1. The third-order valence-corrected chi connectivity index (χ3v) is 18.9. The summed E-state index contributed by atoms with van der Waals surface area (Å²) in [7, 11) is -10.0. The fourth-order valence-corrected chi connectivity index (χ4v) is 12.3. The van der Waals surface area contributed by atoms with Crippen molar-refractivity contribution in [2.24, 2.45) is 0 Å². The minimum atomic E-state index is -5.02. The van der Waals surface area contributed by atoms with Crippen molar-refractivity contribution in [3.05, 3.63) is 158 Å². The largest absolute Gasteiger partial charge is 0.472 e. The molecule has 0 aliphatic carbocycles. The Balaban J connectivity index is 5.52. The summed E-state index contributed by atoms with van der Waals surface area (Å²) >= 11 is 0. The molecule has 108 heavy (non-hydrogen) atoms. The maximum Gasteiger partial charge on any atom is 0.472 e. The summed E-state index contributed by atoms with van der Waals surface area (Å²) in [6, 6.07) is 0. The molecule has 17 nitrogen and oxygen atoms in total. The van der Waals surface area contributed by atoms with Crippen molar-refractivity contribution in [2.75, 3.05) is 39.6 Å². The summed E-state index contributed by atoms with van der Waals surface area (Å²) in [5, 5.41) is 10.7.